The normalized spacial score (nSPS) is 11.4. The average molecular weight is 412 g/mol. The van der Waals surface area contributed by atoms with E-state index in [-0.39, 0.29) is 11.6 Å². The molecule has 2 N–H and O–H groups in total. The van der Waals surface area contributed by atoms with Gasteiger partial charge in [-0.2, -0.15) is 0 Å². The van der Waals surface area contributed by atoms with Crippen molar-refractivity contribution in [2.75, 3.05) is 0 Å². The fourth-order valence-electron chi connectivity index (χ4n) is 2.47. The standard InChI is InChI=1S/C22H24N2O6/c1-13(2)23-22(28)24-20(26)14(3)29-21(27)18-7-5-16(6-8-18)17-9-11-19(12-10-17)30-15(4)25/h5-14H,1-4H3,(H2,23,24,26,28)/t14-/m0/s1. The highest BCUT2D eigenvalue weighted by Crippen LogP contribution is 2.23. The van der Waals surface area contributed by atoms with Crippen molar-refractivity contribution in [3.05, 3.63) is 54.1 Å². The molecule has 0 bridgehead atoms. The number of nitrogens with one attached hydrogen (secondary N) is 2. The van der Waals surface area contributed by atoms with Crippen LogP contribution in [0.2, 0.25) is 0 Å². The molecule has 2 aromatic carbocycles. The Morgan fingerprint density at radius 1 is 0.833 bits per heavy atom. The van der Waals surface area contributed by atoms with Gasteiger partial charge in [-0.1, -0.05) is 24.3 Å². The quantitative estimate of drug-likeness (QED) is 0.557. The molecule has 0 spiro atoms. The van der Waals surface area contributed by atoms with Gasteiger partial charge in [-0.15, -0.1) is 0 Å². The lowest BCUT2D eigenvalue weighted by Gasteiger charge is -2.14. The van der Waals surface area contributed by atoms with E-state index in [2.05, 4.69) is 10.6 Å². The molecule has 2 aromatic rings. The smallest absolute Gasteiger partial charge is 0.338 e. The molecule has 2 rings (SSSR count). The van der Waals surface area contributed by atoms with Crippen LogP contribution < -0.4 is 15.4 Å². The van der Waals surface area contributed by atoms with Gasteiger partial charge < -0.3 is 14.8 Å². The molecule has 0 aromatic heterocycles. The second kappa shape index (κ2) is 10.2. The number of rotatable bonds is 6. The van der Waals surface area contributed by atoms with E-state index in [0.717, 1.165) is 11.1 Å². The Morgan fingerprint density at radius 3 is 1.87 bits per heavy atom. The molecular weight excluding hydrogens is 388 g/mol. The maximum absolute atomic E-state index is 12.3. The predicted octanol–water partition coefficient (Wildman–Crippen LogP) is 3.06. The molecule has 1 atom stereocenters. The largest absolute Gasteiger partial charge is 0.449 e. The molecule has 30 heavy (non-hydrogen) atoms. The maximum Gasteiger partial charge on any atom is 0.338 e. The molecular formula is C22H24N2O6. The van der Waals surface area contributed by atoms with Gasteiger partial charge in [-0.05, 0) is 56.2 Å². The summed E-state index contributed by atoms with van der Waals surface area (Å²) in [6, 6.07) is 12.8. The molecule has 3 amide bonds. The lowest BCUT2D eigenvalue weighted by molar-refractivity contribution is -0.132. The zero-order valence-electron chi connectivity index (χ0n) is 17.2. The fraction of sp³-hybridized carbons (Fsp3) is 0.273. The number of hydrogen-bond acceptors (Lipinski definition) is 6. The van der Waals surface area contributed by atoms with Gasteiger partial charge in [0.1, 0.15) is 5.75 Å². The molecule has 0 heterocycles. The van der Waals surface area contributed by atoms with Gasteiger partial charge in [0.05, 0.1) is 5.56 Å². The van der Waals surface area contributed by atoms with Crippen molar-refractivity contribution >= 4 is 23.9 Å². The minimum absolute atomic E-state index is 0.132. The Kier molecular flexibility index (Phi) is 7.69. The van der Waals surface area contributed by atoms with E-state index in [9.17, 15) is 19.2 Å². The number of esters is 2. The first-order valence-electron chi connectivity index (χ1n) is 9.37. The fourth-order valence-corrected chi connectivity index (χ4v) is 2.47. The van der Waals surface area contributed by atoms with Gasteiger partial charge in [-0.25, -0.2) is 9.59 Å². The SMILES string of the molecule is CC(=O)Oc1ccc(-c2ccc(C(=O)O[C@@H](C)C(=O)NC(=O)NC(C)C)cc2)cc1. The van der Waals surface area contributed by atoms with Crippen LogP contribution in [0.15, 0.2) is 48.5 Å². The van der Waals surface area contributed by atoms with E-state index in [1.54, 1.807) is 62.4 Å². The number of imide groups is 1. The predicted molar refractivity (Wildman–Crippen MR) is 110 cm³/mol. The van der Waals surface area contributed by atoms with Crippen LogP contribution in [0.4, 0.5) is 4.79 Å². The lowest BCUT2D eigenvalue weighted by atomic mass is 10.0. The van der Waals surface area contributed by atoms with Crippen molar-refractivity contribution in [2.45, 2.75) is 39.8 Å². The van der Waals surface area contributed by atoms with E-state index < -0.39 is 30.0 Å². The third-order valence-corrected chi connectivity index (χ3v) is 3.88. The molecule has 0 unspecified atom stereocenters. The van der Waals surface area contributed by atoms with Gasteiger partial charge in [-0.3, -0.25) is 14.9 Å². The van der Waals surface area contributed by atoms with E-state index in [4.69, 9.17) is 9.47 Å². The molecule has 0 saturated heterocycles. The second-order valence-corrected chi connectivity index (χ2v) is 6.86. The number of hydrogen-bond donors (Lipinski definition) is 2. The summed E-state index contributed by atoms with van der Waals surface area (Å²) in [6.07, 6.45) is -1.14. The number of ether oxygens (including phenoxy) is 2. The highest BCUT2D eigenvalue weighted by Gasteiger charge is 2.21. The molecule has 0 aliphatic heterocycles. The summed E-state index contributed by atoms with van der Waals surface area (Å²) in [5.41, 5.74) is 1.98. The summed E-state index contributed by atoms with van der Waals surface area (Å²) in [7, 11) is 0. The van der Waals surface area contributed by atoms with Gasteiger partial charge in [0, 0.05) is 13.0 Å². The van der Waals surface area contributed by atoms with E-state index in [1.165, 1.54) is 13.8 Å². The minimum Gasteiger partial charge on any atom is -0.449 e. The Labute approximate surface area is 174 Å². The molecule has 8 heteroatoms. The third-order valence-electron chi connectivity index (χ3n) is 3.88. The molecule has 0 aliphatic carbocycles. The highest BCUT2D eigenvalue weighted by atomic mass is 16.5. The molecule has 8 nitrogen and oxygen atoms in total. The number of urea groups is 1. The number of carbonyl (C=O) groups excluding carboxylic acids is 4. The maximum atomic E-state index is 12.3. The zero-order valence-corrected chi connectivity index (χ0v) is 17.2. The molecule has 0 fully saturated rings. The van der Waals surface area contributed by atoms with Crippen LogP contribution in [0, 0.1) is 0 Å². The summed E-state index contributed by atoms with van der Waals surface area (Å²) in [4.78, 5) is 46.8. The first-order valence-corrected chi connectivity index (χ1v) is 9.37. The summed E-state index contributed by atoms with van der Waals surface area (Å²) < 4.78 is 10.1. The average Bonchev–Trinajstić information content (AvgIpc) is 2.67. The van der Waals surface area contributed by atoms with Crippen LogP contribution in [0.3, 0.4) is 0 Å². The molecule has 0 radical (unpaired) electrons. The van der Waals surface area contributed by atoms with Crippen LogP contribution in [0.5, 0.6) is 5.75 Å². The first kappa shape index (κ1) is 22.6. The summed E-state index contributed by atoms with van der Waals surface area (Å²) in [5, 5.41) is 4.63. The van der Waals surface area contributed by atoms with Crippen molar-refractivity contribution in [1.29, 1.82) is 0 Å². The van der Waals surface area contributed by atoms with Crippen molar-refractivity contribution in [3.63, 3.8) is 0 Å². The van der Waals surface area contributed by atoms with E-state index in [0.29, 0.717) is 5.75 Å². The van der Waals surface area contributed by atoms with E-state index >= 15 is 0 Å². The third kappa shape index (κ3) is 6.73. The Balaban J connectivity index is 1.96. The van der Waals surface area contributed by atoms with Crippen molar-refractivity contribution in [2.24, 2.45) is 0 Å². The first-order chi connectivity index (χ1) is 14.2. The summed E-state index contributed by atoms with van der Waals surface area (Å²) >= 11 is 0. The van der Waals surface area contributed by atoms with E-state index in [1.807, 2.05) is 0 Å². The lowest BCUT2D eigenvalue weighted by Crippen LogP contribution is -2.46. The Morgan fingerprint density at radius 2 is 1.37 bits per heavy atom. The number of amides is 3. The Bertz CT molecular complexity index is 920. The number of carbonyl (C=O) groups is 4. The van der Waals surface area contributed by atoms with Gasteiger partial charge in [0.25, 0.3) is 5.91 Å². The van der Waals surface area contributed by atoms with Crippen LogP contribution in [0.25, 0.3) is 11.1 Å². The van der Waals surface area contributed by atoms with Gasteiger partial charge >= 0.3 is 18.0 Å². The second-order valence-electron chi connectivity index (χ2n) is 6.86. The molecule has 0 aliphatic rings. The van der Waals surface area contributed by atoms with Crippen LogP contribution in [-0.2, 0) is 14.3 Å². The van der Waals surface area contributed by atoms with Crippen molar-refractivity contribution in [1.82, 2.24) is 10.6 Å². The van der Waals surface area contributed by atoms with Crippen molar-refractivity contribution in [3.8, 4) is 16.9 Å². The molecule has 0 saturated carbocycles. The zero-order chi connectivity index (χ0) is 22.3. The monoisotopic (exact) mass is 412 g/mol. The summed E-state index contributed by atoms with van der Waals surface area (Å²) in [5.74, 6) is -1.35. The van der Waals surface area contributed by atoms with Crippen LogP contribution in [0.1, 0.15) is 38.1 Å². The van der Waals surface area contributed by atoms with Crippen LogP contribution >= 0.6 is 0 Å². The van der Waals surface area contributed by atoms with Crippen molar-refractivity contribution < 1.29 is 28.7 Å². The number of benzene rings is 2. The molecule has 158 valence electrons. The topological polar surface area (TPSA) is 111 Å². The van der Waals surface area contributed by atoms with Crippen LogP contribution in [-0.4, -0.2) is 36.0 Å². The Hall–Kier alpha value is -3.68. The minimum atomic E-state index is -1.14. The highest BCUT2D eigenvalue weighted by molar-refractivity contribution is 5.98. The van der Waals surface area contributed by atoms with Gasteiger partial charge in [0.15, 0.2) is 6.10 Å². The van der Waals surface area contributed by atoms with Gasteiger partial charge in [0.2, 0.25) is 0 Å². The summed E-state index contributed by atoms with van der Waals surface area (Å²) in [6.45, 7) is 6.22.